The molecule has 0 amide bonds. The van der Waals surface area contributed by atoms with Crippen LogP contribution in [0.25, 0.3) is 11.0 Å². The summed E-state index contributed by atoms with van der Waals surface area (Å²) in [4.78, 5) is 4.16. The first-order valence-corrected chi connectivity index (χ1v) is 13.9. The van der Waals surface area contributed by atoms with E-state index in [1.807, 2.05) is 0 Å². The molecule has 0 saturated carbocycles. The van der Waals surface area contributed by atoms with E-state index in [-0.39, 0.29) is 34.9 Å². The van der Waals surface area contributed by atoms with E-state index in [0.717, 1.165) is 18.2 Å². The highest BCUT2D eigenvalue weighted by Crippen LogP contribution is 2.29. The van der Waals surface area contributed by atoms with Crippen molar-refractivity contribution in [2.75, 3.05) is 12.3 Å². The van der Waals surface area contributed by atoms with E-state index in [9.17, 15) is 22.0 Å². The normalized spacial score (nSPS) is 12.5. The van der Waals surface area contributed by atoms with Gasteiger partial charge in [-0.3, -0.25) is 0 Å². The summed E-state index contributed by atoms with van der Waals surface area (Å²) in [6.07, 6.45) is -4.51. The van der Waals surface area contributed by atoms with Crippen LogP contribution in [0.5, 0.6) is 5.75 Å². The highest BCUT2D eigenvalue weighted by molar-refractivity contribution is 6.76. The monoisotopic (exact) mass is 488 g/mol. The van der Waals surface area contributed by atoms with Crippen LogP contribution in [0.2, 0.25) is 25.7 Å². The summed E-state index contributed by atoms with van der Waals surface area (Å²) in [6, 6.07) is 4.30. The van der Waals surface area contributed by atoms with Crippen LogP contribution in [0, 0.1) is 11.6 Å². The summed E-state index contributed by atoms with van der Waals surface area (Å²) in [5.41, 5.74) is 4.76. The standard InChI is InChI=1S/C21H25F5N4O2Si/c1-33(2,3)7-6-31-12-30-20-14(18(29-30)9-21(24,25)26)8-13(10-28-20)32-11-15-16(22)4-5-17(27)19(15)23/h4-5,8,10H,6-7,9,11-12,27H2,1-3H3. The smallest absolute Gasteiger partial charge is 0.394 e. The molecule has 2 heterocycles. The maximum atomic E-state index is 14.1. The zero-order valence-corrected chi connectivity index (χ0v) is 19.5. The van der Waals surface area contributed by atoms with Gasteiger partial charge in [0.15, 0.2) is 11.5 Å². The zero-order chi connectivity index (χ0) is 24.4. The van der Waals surface area contributed by atoms with Gasteiger partial charge in [-0.05, 0) is 24.2 Å². The quantitative estimate of drug-likeness (QED) is 0.192. The van der Waals surface area contributed by atoms with Gasteiger partial charge >= 0.3 is 6.18 Å². The van der Waals surface area contributed by atoms with Gasteiger partial charge in [0.05, 0.1) is 29.6 Å². The molecule has 12 heteroatoms. The van der Waals surface area contributed by atoms with E-state index >= 15 is 0 Å². The first-order chi connectivity index (χ1) is 15.3. The molecule has 0 spiro atoms. The molecule has 3 rings (SSSR count). The Hall–Kier alpha value is -2.73. The van der Waals surface area contributed by atoms with Crippen LogP contribution in [-0.4, -0.2) is 35.6 Å². The highest BCUT2D eigenvalue weighted by Gasteiger charge is 2.31. The summed E-state index contributed by atoms with van der Waals surface area (Å²) < 4.78 is 79.6. The second kappa shape index (κ2) is 9.63. The number of halogens is 5. The third kappa shape index (κ3) is 6.63. The number of nitrogens with two attached hydrogens (primary N) is 1. The lowest BCUT2D eigenvalue weighted by Crippen LogP contribution is -2.22. The summed E-state index contributed by atoms with van der Waals surface area (Å²) in [6.45, 7) is 6.46. The van der Waals surface area contributed by atoms with Crippen LogP contribution in [0.4, 0.5) is 27.6 Å². The first kappa shape index (κ1) is 24.9. The SMILES string of the molecule is C[Si](C)(C)CCOCn1nc(CC(F)(F)F)c2cc(OCc3c(F)ccc(N)c3F)cnc21. The molecule has 6 nitrogen and oxygen atoms in total. The molecular weight excluding hydrogens is 463 g/mol. The number of rotatable bonds is 9. The van der Waals surface area contributed by atoms with Crippen LogP contribution in [0.3, 0.4) is 0 Å². The van der Waals surface area contributed by atoms with E-state index in [2.05, 4.69) is 29.7 Å². The third-order valence-electron chi connectivity index (χ3n) is 4.82. The van der Waals surface area contributed by atoms with Gasteiger partial charge < -0.3 is 15.2 Å². The van der Waals surface area contributed by atoms with E-state index < -0.39 is 44.5 Å². The number of hydrogen-bond acceptors (Lipinski definition) is 5. The van der Waals surface area contributed by atoms with Crippen molar-refractivity contribution in [2.45, 2.75) is 51.6 Å². The number of nitrogens with zero attached hydrogens (tertiary/aromatic N) is 3. The molecule has 0 unspecified atom stereocenters. The molecular formula is C21H25F5N4O2Si. The Kier molecular flexibility index (Phi) is 7.27. The molecule has 0 bridgehead atoms. The molecule has 0 saturated heterocycles. The maximum absolute atomic E-state index is 14.1. The molecule has 0 radical (unpaired) electrons. The van der Waals surface area contributed by atoms with Crippen LogP contribution in [0.15, 0.2) is 24.4 Å². The minimum atomic E-state index is -4.49. The van der Waals surface area contributed by atoms with Crippen molar-refractivity contribution in [3.05, 3.63) is 47.3 Å². The number of ether oxygens (including phenoxy) is 2. The van der Waals surface area contributed by atoms with Crippen LogP contribution >= 0.6 is 0 Å². The van der Waals surface area contributed by atoms with Crippen LogP contribution < -0.4 is 10.5 Å². The van der Waals surface area contributed by atoms with Crippen molar-refractivity contribution in [1.82, 2.24) is 14.8 Å². The highest BCUT2D eigenvalue weighted by atomic mass is 28.3. The Bertz CT molecular complexity index is 1130. The number of pyridine rings is 1. The van der Waals surface area contributed by atoms with Crippen molar-refractivity contribution in [1.29, 1.82) is 0 Å². The number of benzene rings is 1. The molecule has 180 valence electrons. The van der Waals surface area contributed by atoms with Gasteiger partial charge in [0.2, 0.25) is 0 Å². The molecule has 33 heavy (non-hydrogen) atoms. The van der Waals surface area contributed by atoms with Gasteiger partial charge in [-0.15, -0.1) is 0 Å². The molecule has 0 aliphatic heterocycles. The van der Waals surface area contributed by atoms with Crippen LogP contribution in [-0.2, 0) is 24.5 Å². The van der Waals surface area contributed by atoms with Gasteiger partial charge in [0.25, 0.3) is 0 Å². The van der Waals surface area contributed by atoms with Crippen molar-refractivity contribution < 1.29 is 31.4 Å². The largest absolute Gasteiger partial charge is 0.487 e. The van der Waals surface area contributed by atoms with Gasteiger partial charge in [-0.1, -0.05) is 19.6 Å². The first-order valence-electron chi connectivity index (χ1n) is 10.2. The molecule has 0 aliphatic carbocycles. The number of aromatic nitrogens is 3. The van der Waals surface area contributed by atoms with Gasteiger partial charge in [-0.25, -0.2) is 18.4 Å². The Balaban J connectivity index is 1.84. The number of alkyl halides is 3. The molecule has 2 aromatic heterocycles. The molecule has 0 fully saturated rings. The van der Waals surface area contributed by atoms with Crippen molar-refractivity contribution in [3.8, 4) is 5.75 Å². The maximum Gasteiger partial charge on any atom is 0.394 e. The second-order valence-electron chi connectivity index (χ2n) is 8.85. The van der Waals surface area contributed by atoms with E-state index in [0.29, 0.717) is 6.61 Å². The van der Waals surface area contributed by atoms with E-state index in [1.165, 1.54) is 16.9 Å². The average Bonchev–Trinajstić information content (AvgIpc) is 3.03. The van der Waals surface area contributed by atoms with E-state index in [1.54, 1.807) is 0 Å². The van der Waals surface area contributed by atoms with Crippen molar-refractivity contribution in [3.63, 3.8) is 0 Å². The summed E-state index contributed by atoms with van der Waals surface area (Å²) >= 11 is 0. The Morgan fingerprint density at radius 1 is 1.15 bits per heavy atom. The molecule has 0 atom stereocenters. The summed E-state index contributed by atoms with van der Waals surface area (Å²) in [5.74, 6) is -1.77. The predicted octanol–water partition coefficient (Wildman–Crippen LogP) is 5.29. The number of anilines is 1. The lowest BCUT2D eigenvalue weighted by Gasteiger charge is -2.15. The van der Waals surface area contributed by atoms with E-state index in [4.69, 9.17) is 15.2 Å². The van der Waals surface area contributed by atoms with Crippen molar-refractivity contribution >= 4 is 24.8 Å². The molecule has 0 aliphatic rings. The molecule has 1 aromatic carbocycles. The fourth-order valence-electron chi connectivity index (χ4n) is 3.03. The van der Waals surface area contributed by atoms with Gasteiger partial charge in [0, 0.05) is 20.1 Å². The number of hydrogen-bond donors (Lipinski definition) is 1. The Labute approximate surface area is 188 Å². The lowest BCUT2D eigenvalue weighted by molar-refractivity contribution is -0.127. The minimum Gasteiger partial charge on any atom is -0.487 e. The Morgan fingerprint density at radius 3 is 2.55 bits per heavy atom. The fraction of sp³-hybridized carbons (Fsp3) is 0.429. The van der Waals surface area contributed by atoms with Crippen LogP contribution in [0.1, 0.15) is 11.3 Å². The molecule has 3 aromatic rings. The minimum absolute atomic E-state index is 0.0337. The topological polar surface area (TPSA) is 75.2 Å². The second-order valence-corrected chi connectivity index (χ2v) is 14.5. The Morgan fingerprint density at radius 2 is 1.88 bits per heavy atom. The summed E-state index contributed by atoms with van der Waals surface area (Å²) in [5, 5.41) is 4.15. The van der Waals surface area contributed by atoms with Crippen molar-refractivity contribution in [2.24, 2.45) is 0 Å². The lowest BCUT2D eigenvalue weighted by atomic mass is 10.2. The predicted molar refractivity (Wildman–Crippen MR) is 116 cm³/mol. The van der Waals surface area contributed by atoms with Gasteiger partial charge in [0.1, 0.15) is 24.9 Å². The number of fused-ring (bicyclic) bond motifs is 1. The third-order valence-corrected chi connectivity index (χ3v) is 6.52. The molecule has 2 N–H and O–H groups in total. The van der Waals surface area contributed by atoms with Gasteiger partial charge in [-0.2, -0.15) is 18.3 Å². The summed E-state index contributed by atoms with van der Waals surface area (Å²) in [7, 11) is -1.33. The fourth-order valence-corrected chi connectivity index (χ4v) is 3.78. The number of nitrogen functional groups attached to an aromatic ring is 1. The average molecular weight is 489 g/mol. The zero-order valence-electron chi connectivity index (χ0n) is 18.5.